The van der Waals surface area contributed by atoms with Gasteiger partial charge in [0.1, 0.15) is 0 Å². The largest absolute Gasteiger partial charge is 0.302 e. The van der Waals surface area contributed by atoms with Crippen molar-refractivity contribution in [2.45, 2.75) is 57.8 Å². The molecule has 1 aliphatic rings. The maximum absolute atomic E-state index is 6.28. The summed E-state index contributed by atoms with van der Waals surface area (Å²) < 4.78 is 0. The van der Waals surface area contributed by atoms with E-state index in [9.17, 15) is 0 Å². The number of rotatable bonds is 6. The van der Waals surface area contributed by atoms with Gasteiger partial charge in [-0.25, -0.2) is 0 Å². The van der Waals surface area contributed by atoms with Gasteiger partial charge in [0.15, 0.2) is 0 Å². The average Bonchev–Trinajstić information content (AvgIpc) is 2.48. The third-order valence-electron chi connectivity index (χ3n) is 4.74. The van der Waals surface area contributed by atoms with E-state index in [4.69, 9.17) is 23.2 Å². The van der Waals surface area contributed by atoms with Crippen molar-refractivity contribution in [1.82, 2.24) is 4.90 Å². The van der Waals surface area contributed by atoms with Crippen LogP contribution in [0.5, 0.6) is 0 Å². The van der Waals surface area contributed by atoms with E-state index in [1.807, 2.05) is 6.07 Å². The summed E-state index contributed by atoms with van der Waals surface area (Å²) in [5.74, 6) is 0. The van der Waals surface area contributed by atoms with Crippen LogP contribution >= 0.6 is 23.2 Å². The Morgan fingerprint density at radius 2 is 1.95 bits per heavy atom. The van der Waals surface area contributed by atoms with Crippen molar-refractivity contribution in [2.24, 2.45) is 0 Å². The molecular weight excluding hydrogens is 301 g/mol. The molecule has 0 aliphatic carbocycles. The number of unbranched alkanes of at least 4 members (excludes halogenated alkanes) is 1. The summed E-state index contributed by atoms with van der Waals surface area (Å²) in [6.45, 7) is 8.15. The molecule has 1 aromatic rings. The average molecular weight is 328 g/mol. The monoisotopic (exact) mass is 327 g/mol. The van der Waals surface area contributed by atoms with Crippen molar-refractivity contribution in [3.63, 3.8) is 0 Å². The van der Waals surface area contributed by atoms with E-state index in [1.165, 1.54) is 63.7 Å². The van der Waals surface area contributed by atoms with Crippen LogP contribution in [0.25, 0.3) is 0 Å². The van der Waals surface area contributed by atoms with Crippen LogP contribution in [0.15, 0.2) is 18.2 Å². The van der Waals surface area contributed by atoms with Gasteiger partial charge < -0.3 is 4.90 Å². The second kappa shape index (κ2) is 7.85. The van der Waals surface area contributed by atoms with E-state index >= 15 is 0 Å². The lowest BCUT2D eigenvalue weighted by molar-refractivity contribution is 0.136. The molecule has 118 valence electrons. The van der Waals surface area contributed by atoms with Crippen LogP contribution < -0.4 is 0 Å². The molecule has 1 aliphatic heterocycles. The zero-order valence-corrected chi connectivity index (χ0v) is 14.8. The maximum Gasteiger partial charge on any atom is 0.0595 e. The fraction of sp³-hybridized carbons (Fsp3) is 0.667. The Morgan fingerprint density at radius 3 is 2.62 bits per heavy atom. The molecular formula is C18H27Cl2N. The fourth-order valence-corrected chi connectivity index (χ4v) is 3.96. The first-order valence-corrected chi connectivity index (χ1v) is 9.05. The molecule has 0 radical (unpaired) electrons. The highest BCUT2D eigenvalue weighted by atomic mass is 35.5. The van der Waals surface area contributed by atoms with Gasteiger partial charge in [-0.15, -0.1) is 0 Å². The van der Waals surface area contributed by atoms with E-state index in [0.717, 1.165) is 0 Å². The Labute approximate surface area is 139 Å². The number of benzene rings is 1. The zero-order valence-electron chi connectivity index (χ0n) is 13.3. The predicted octanol–water partition coefficient (Wildman–Crippen LogP) is 5.93. The van der Waals surface area contributed by atoms with Crippen molar-refractivity contribution in [2.75, 3.05) is 19.6 Å². The molecule has 0 N–H and O–H groups in total. The maximum atomic E-state index is 6.28. The van der Waals surface area contributed by atoms with E-state index in [0.29, 0.717) is 10.0 Å². The summed E-state index contributed by atoms with van der Waals surface area (Å²) in [4.78, 5) is 2.63. The Bertz CT molecular complexity index is 459. The second-order valence-corrected chi connectivity index (χ2v) is 7.21. The molecule has 3 heteroatoms. The van der Waals surface area contributed by atoms with Gasteiger partial charge in [-0.2, -0.15) is 0 Å². The highest BCUT2D eigenvalue weighted by molar-refractivity contribution is 6.42. The summed E-state index contributed by atoms with van der Waals surface area (Å²) in [5, 5.41) is 1.35. The van der Waals surface area contributed by atoms with Crippen molar-refractivity contribution in [3.05, 3.63) is 33.8 Å². The topological polar surface area (TPSA) is 3.24 Å². The minimum Gasteiger partial charge on any atom is -0.302 e. The van der Waals surface area contributed by atoms with Crippen LogP contribution in [0.1, 0.15) is 57.9 Å². The molecule has 21 heavy (non-hydrogen) atoms. The molecule has 0 aromatic heterocycles. The van der Waals surface area contributed by atoms with E-state index < -0.39 is 0 Å². The lowest BCUT2D eigenvalue weighted by Gasteiger charge is -2.44. The van der Waals surface area contributed by atoms with Gasteiger partial charge in [-0.3, -0.25) is 0 Å². The highest BCUT2D eigenvalue weighted by Gasteiger charge is 2.36. The standard InChI is InChI=1S/C18H27Cl2N/c1-3-5-9-18(10-6-12-21(14-18)11-4-2)15-7-8-16(19)17(20)13-15/h7-8,13H,3-6,9-12,14H2,1-2H3. The Kier molecular flexibility index (Phi) is 6.40. The van der Waals surface area contributed by atoms with Crippen LogP contribution in [0.4, 0.5) is 0 Å². The molecule has 1 heterocycles. The summed E-state index contributed by atoms with van der Waals surface area (Å²) >= 11 is 12.4. The van der Waals surface area contributed by atoms with Gasteiger partial charge in [0, 0.05) is 12.0 Å². The molecule has 1 aromatic carbocycles. The van der Waals surface area contributed by atoms with Crippen LogP contribution in [-0.2, 0) is 5.41 Å². The minimum absolute atomic E-state index is 0.262. The van der Waals surface area contributed by atoms with Crippen LogP contribution in [0.3, 0.4) is 0 Å². The molecule has 1 fully saturated rings. The molecule has 0 spiro atoms. The minimum atomic E-state index is 0.262. The molecule has 1 saturated heterocycles. The Morgan fingerprint density at radius 1 is 1.14 bits per heavy atom. The number of likely N-dealkylation sites (tertiary alicyclic amines) is 1. The lowest BCUT2D eigenvalue weighted by Crippen LogP contribution is -2.46. The first kappa shape index (κ1) is 17.1. The number of hydrogen-bond acceptors (Lipinski definition) is 1. The van der Waals surface area contributed by atoms with Crippen molar-refractivity contribution in [3.8, 4) is 0 Å². The first-order chi connectivity index (χ1) is 10.1. The molecule has 1 atom stereocenters. The smallest absolute Gasteiger partial charge is 0.0595 e. The number of hydrogen-bond donors (Lipinski definition) is 0. The molecule has 1 nitrogen and oxygen atoms in total. The van der Waals surface area contributed by atoms with Gasteiger partial charge >= 0.3 is 0 Å². The van der Waals surface area contributed by atoms with Crippen LogP contribution in [0, 0.1) is 0 Å². The highest BCUT2D eigenvalue weighted by Crippen LogP contribution is 2.40. The number of halogens is 2. The third-order valence-corrected chi connectivity index (χ3v) is 5.48. The van der Waals surface area contributed by atoms with Gasteiger partial charge in [0.2, 0.25) is 0 Å². The van der Waals surface area contributed by atoms with Gasteiger partial charge in [0.05, 0.1) is 10.0 Å². The molecule has 0 bridgehead atoms. The quantitative estimate of drug-likeness (QED) is 0.626. The summed E-state index contributed by atoms with van der Waals surface area (Å²) in [6, 6.07) is 6.26. The Balaban J connectivity index is 2.29. The molecule has 0 saturated carbocycles. The second-order valence-electron chi connectivity index (χ2n) is 6.39. The normalized spacial score (nSPS) is 23.4. The van der Waals surface area contributed by atoms with Crippen molar-refractivity contribution >= 4 is 23.2 Å². The Hall–Kier alpha value is -0.240. The molecule has 2 rings (SSSR count). The fourth-order valence-electron chi connectivity index (χ4n) is 3.66. The van der Waals surface area contributed by atoms with Crippen molar-refractivity contribution in [1.29, 1.82) is 0 Å². The summed E-state index contributed by atoms with van der Waals surface area (Å²) in [6.07, 6.45) is 7.55. The zero-order chi connectivity index (χ0) is 15.3. The predicted molar refractivity (Wildman–Crippen MR) is 93.6 cm³/mol. The van der Waals surface area contributed by atoms with Gasteiger partial charge in [0.25, 0.3) is 0 Å². The van der Waals surface area contributed by atoms with Gasteiger partial charge in [-0.05, 0) is 56.5 Å². The summed E-state index contributed by atoms with van der Waals surface area (Å²) in [5.41, 5.74) is 1.64. The third kappa shape index (κ3) is 4.15. The van der Waals surface area contributed by atoms with Crippen molar-refractivity contribution < 1.29 is 0 Å². The number of piperidine rings is 1. The van der Waals surface area contributed by atoms with E-state index in [2.05, 4.69) is 30.9 Å². The first-order valence-electron chi connectivity index (χ1n) is 8.29. The SMILES string of the molecule is CCCCC1(c2ccc(Cl)c(Cl)c2)CCCN(CCC)C1. The van der Waals surface area contributed by atoms with Gasteiger partial charge in [-0.1, -0.05) is 56.0 Å². The van der Waals surface area contributed by atoms with E-state index in [1.54, 1.807) is 0 Å². The van der Waals surface area contributed by atoms with E-state index in [-0.39, 0.29) is 5.41 Å². The number of nitrogens with zero attached hydrogens (tertiary/aromatic N) is 1. The molecule has 1 unspecified atom stereocenters. The molecule has 0 amide bonds. The van der Waals surface area contributed by atoms with Crippen LogP contribution in [-0.4, -0.2) is 24.5 Å². The summed E-state index contributed by atoms with van der Waals surface area (Å²) in [7, 11) is 0. The lowest BCUT2D eigenvalue weighted by atomic mass is 9.71. The van der Waals surface area contributed by atoms with Crippen LogP contribution in [0.2, 0.25) is 10.0 Å².